The molecule has 0 aliphatic rings. The van der Waals surface area contributed by atoms with Gasteiger partial charge in [-0.05, 0) is 18.2 Å². The van der Waals surface area contributed by atoms with Crippen LogP contribution in [0.15, 0.2) is 34.7 Å². The number of hydroxylamine groups is 1. The number of aromatic nitrogens is 1. The molecule has 2 aromatic rings. The van der Waals surface area contributed by atoms with Crippen molar-refractivity contribution in [3.63, 3.8) is 0 Å². The molecule has 23 heavy (non-hydrogen) atoms. The van der Waals surface area contributed by atoms with Crippen LogP contribution >= 0.6 is 11.3 Å². The minimum atomic E-state index is -3.96. The highest BCUT2D eigenvalue weighted by Crippen LogP contribution is 2.27. The second-order valence-corrected chi connectivity index (χ2v) is 7.05. The Morgan fingerprint density at radius 3 is 2.65 bits per heavy atom. The lowest BCUT2D eigenvalue weighted by molar-refractivity contribution is -0.0259. The zero-order chi connectivity index (χ0) is 17.0. The Bertz CT molecular complexity index is 790. The van der Waals surface area contributed by atoms with Crippen molar-refractivity contribution in [1.29, 1.82) is 0 Å². The summed E-state index contributed by atoms with van der Waals surface area (Å²) in [6.07, 6.45) is 1.55. The van der Waals surface area contributed by atoms with Gasteiger partial charge >= 0.3 is 0 Å². The van der Waals surface area contributed by atoms with E-state index in [1.54, 1.807) is 11.6 Å². The van der Waals surface area contributed by atoms with Crippen LogP contribution < -0.4 is 10.1 Å². The summed E-state index contributed by atoms with van der Waals surface area (Å²) in [6, 6.07) is 4.10. The van der Waals surface area contributed by atoms with Crippen molar-refractivity contribution in [3.8, 4) is 5.75 Å². The summed E-state index contributed by atoms with van der Waals surface area (Å²) < 4.78 is 30.6. The average molecular weight is 357 g/mol. The number of nitrogens with one attached hydrogen (secondary N) is 1. The van der Waals surface area contributed by atoms with Gasteiger partial charge in [-0.2, -0.15) is 0 Å². The number of sulfonamides is 1. The number of anilines is 1. The van der Waals surface area contributed by atoms with Gasteiger partial charge in [0.2, 0.25) is 0 Å². The molecule has 0 radical (unpaired) electrons. The smallest absolute Gasteiger partial charge is 0.268 e. The topological polar surface area (TPSA) is 97.8 Å². The van der Waals surface area contributed by atoms with Crippen LogP contribution in [0, 0.1) is 0 Å². The van der Waals surface area contributed by atoms with Gasteiger partial charge in [-0.25, -0.2) is 13.4 Å². The molecular weight excluding hydrogens is 342 g/mol. The van der Waals surface area contributed by atoms with Crippen LogP contribution in [0.3, 0.4) is 0 Å². The van der Waals surface area contributed by atoms with Crippen LogP contribution in [-0.2, 0) is 14.9 Å². The second kappa shape index (κ2) is 7.04. The third kappa shape index (κ3) is 3.67. The van der Waals surface area contributed by atoms with E-state index in [-0.39, 0.29) is 16.2 Å². The molecule has 1 heterocycles. The Hall–Kier alpha value is -2.01. The molecule has 0 unspecified atom stereocenters. The van der Waals surface area contributed by atoms with Crippen LogP contribution in [0.25, 0.3) is 0 Å². The third-order valence-corrected chi connectivity index (χ3v) is 5.34. The Balaban J connectivity index is 2.41. The number of rotatable bonds is 6. The molecule has 1 aromatic heterocycles. The zero-order valence-electron chi connectivity index (χ0n) is 12.6. The summed E-state index contributed by atoms with van der Waals surface area (Å²) in [5, 5.41) is 4.72. The molecule has 1 N–H and O–H groups in total. The molecule has 2 rings (SSSR count). The summed E-state index contributed by atoms with van der Waals surface area (Å²) in [5.41, 5.74) is 0.157. The highest BCUT2D eigenvalue weighted by atomic mass is 32.2. The van der Waals surface area contributed by atoms with E-state index in [4.69, 9.17) is 9.57 Å². The predicted molar refractivity (Wildman–Crippen MR) is 85.0 cm³/mol. The van der Waals surface area contributed by atoms with Crippen LogP contribution in [0.1, 0.15) is 10.4 Å². The molecule has 0 fully saturated rings. The quantitative estimate of drug-likeness (QED) is 0.789. The van der Waals surface area contributed by atoms with E-state index >= 15 is 0 Å². The fraction of sp³-hybridized carbons (Fsp3) is 0.231. The number of nitrogens with zero attached hydrogens (tertiary/aromatic N) is 2. The fourth-order valence-electron chi connectivity index (χ4n) is 1.71. The predicted octanol–water partition coefficient (Wildman–Crippen LogP) is 1.59. The van der Waals surface area contributed by atoms with Crippen molar-refractivity contribution in [2.45, 2.75) is 4.90 Å². The van der Waals surface area contributed by atoms with Crippen molar-refractivity contribution >= 4 is 32.4 Å². The molecule has 1 amide bonds. The average Bonchev–Trinajstić information content (AvgIpc) is 3.06. The molecule has 0 bridgehead atoms. The first-order chi connectivity index (χ1) is 10.9. The number of carbonyl (C=O) groups is 1. The number of ether oxygens (including phenoxy) is 1. The molecule has 0 spiro atoms. The molecular formula is C13H15N3O5S2. The first kappa shape index (κ1) is 17.3. The summed E-state index contributed by atoms with van der Waals surface area (Å²) >= 11 is 1.26. The Kier molecular flexibility index (Phi) is 5.31. The minimum absolute atomic E-state index is 0.111. The van der Waals surface area contributed by atoms with Crippen LogP contribution in [0.4, 0.5) is 5.13 Å². The van der Waals surface area contributed by atoms with Crippen LogP contribution in [0.2, 0.25) is 0 Å². The molecule has 10 heteroatoms. The molecule has 8 nitrogen and oxygen atoms in total. The highest BCUT2D eigenvalue weighted by Gasteiger charge is 2.26. The molecule has 0 aliphatic carbocycles. The standard InChI is InChI=1S/C13H15N3O5S2/c1-16(21-3)23(18,19)11-8-9(4-5-10(11)20-2)12(17)15-13-14-6-7-22-13/h4-8H,1-3H3,(H,14,15,17). The first-order valence-electron chi connectivity index (χ1n) is 6.32. The van der Waals surface area contributed by atoms with Gasteiger partial charge in [-0.15, -0.1) is 11.3 Å². The lowest BCUT2D eigenvalue weighted by atomic mass is 10.2. The molecule has 0 saturated heterocycles. The lowest BCUT2D eigenvalue weighted by Gasteiger charge is -2.17. The highest BCUT2D eigenvalue weighted by molar-refractivity contribution is 7.89. The van der Waals surface area contributed by atoms with Gasteiger partial charge < -0.3 is 4.74 Å². The summed E-state index contributed by atoms with van der Waals surface area (Å²) in [4.78, 5) is 20.7. The van der Waals surface area contributed by atoms with Crippen LogP contribution in [-0.4, -0.2) is 45.0 Å². The molecule has 1 aromatic carbocycles. The van der Waals surface area contributed by atoms with Crippen molar-refractivity contribution in [2.24, 2.45) is 0 Å². The number of amides is 1. The molecule has 0 saturated carbocycles. The van der Waals surface area contributed by atoms with Crippen LogP contribution in [0.5, 0.6) is 5.75 Å². The maximum absolute atomic E-state index is 12.4. The number of hydrogen-bond donors (Lipinski definition) is 1. The van der Waals surface area contributed by atoms with E-state index in [2.05, 4.69) is 10.3 Å². The van der Waals surface area contributed by atoms with Gasteiger partial charge in [0.15, 0.2) is 5.13 Å². The summed E-state index contributed by atoms with van der Waals surface area (Å²) in [6.45, 7) is 0. The zero-order valence-corrected chi connectivity index (χ0v) is 14.3. The maximum Gasteiger partial charge on any atom is 0.268 e. The Morgan fingerprint density at radius 2 is 2.09 bits per heavy atom. The lowest BCUT2D eigenvalue weighted by Crippen LogP contribution is -2.26. The molecule has 124 valence electrons. The first-order valence-corrected chi connectivity index (χ1v) is 8.64. The van der Waals surface area contributed by atoms with E-state index in [0.717, 1.165) is 0 Å². The van der Waals surface area contributed by atoms with Crippen molar-refractivity contribution in [2.75, 3.05) is 26.6 Å². The number of thiazole rings is 1. The van der Waals surface area contributed by atoms with E-state index in [1.165, 1.54) is 50.8 Å². The largest absolute Gasteiger partial charge is 0.495 e. The second-order valence-electron chi connectivity index (χ2n) is 4.25. The fourth-order valence-corrected chi connectivity index (χ4v) is 3.39. The van der Waals surface area contributed by atoms with Gasteiger partial charge in [0.05, 0.1) is 14.2 Å². The Labute approximate surface area is 137 Å². The SMILES string of the molecule is COc1ccc(C(=O)Nc2nccs2)cc1S(=O)(=O)N(C)OC. The minimum Gasteiger partial charge on any atom is -0.495 e. The van der Waals surface area contributed by atoms with Crippen molar-refractivity contribution in [1.82, 2.24) is 9.45 Å². The molecule has 0 aliphatic heterocycles. The summed E-state index contributed by atoms with van der Waals surface area (Å²) in [5.74, 6) is -0.362. The van der Waals surface area contributed by atoms with Gasteiger partial charge in [0.25, 0.3) is 15.9 Å². The number of hydrogen-bond acceptors (Lipinski definition) is 7. The monoisotopic (exact) mass is 357 g/mol. The van der Waals surface area contributed by atoms with Gasteiger partial charge in [0, 0.05) is 24.2 Å². The van der Waals surface area contributed by atoms with E-state index in [1.807, 2.05) is 0 Å². The van der Waals surface area contributed by atoms with Gasteiger partial charge in [-0.1, -0.05) is 4.47 Å². The van der Waals surface area contributed by atoms with Gasteiger partial charge in [0.1, 0.15) is 10.6 Å². The van der Waals surface area contributed by atoms with E-state index < -0.39 is 15.9 Å². The molecule has 0 atom stereocenters. The normalized spacial score (nSPS) is 11.5. The van der Waals surface area contributed by atoms with Gasteiger partial charge in [-0.3, -0.25) is 14.9 Å². The Morgan fingerprint density at radius 1 is 1.35 bits per heavy atom. The number of methoxy groups -OCH3 is 1. The van der Waals surface area contributed by atoms with Crippen molar-refractivity contribution < 1.29 is 22.8 Å². The number of carbonyl (C=O) groups excluding carboxylic acids is 1. The third-order valence-electron chi connectivity index (χ3n) is 2.95. The van der Waals surface area contributed by atoms with Crippen molar-refractivity contribution in [3.05, 3.63) is 35.3 Å². The van der Waals surface area contributed by atoms with E-state index in [9.17, 15) is 13.2 Å². The van der Waals surface area contributed by atoms with E-state index in [0.29, 0.717) is 9.60 Å². The maximum atomic E-state index is 12.4. The summed E-state index contributed by atoms with van der Waals surface area (Å²) in [7, 11) is -0.141. The number of benzene rings is 1.